The summed E-state index contributed by atoms with van der Waals surface area (Å²) < 4.78 is 0. The molecule has 4 heteroatoms. The van der Waals surface area contributed by atoms with Gasteiger partial charge in [0.2, 0.25) is 11.8 Å². The number of fused-ring (bicyclic) bond motifs is 1. The monoisotopic (exact) mass is 224 g/mol. The molecular formula is C12H20N2O2. The Morgan fingerprint density at radius 3 is 2.12 bits per heavy atom. The predicted molar refractivity (Wildman–Crippen MR) is 60.1 cm³/mol. The third-order valence-electron chi connectivity index (χ3n) is 4.57. The van der Waals surface area contributed by atoms with Gasteiger partial charge in [-0.15, -0.1) is 0 Å². The summed E-state index contributed by atoms with van der Waals surface area (Å²) in [6, 6.07) is 0. The van der Waals surface area contributed by atoms with Gasteiger partial charge in [0.05, 0.1) is 0 Å². The molecular weight excluding hydrogens is 204 g/mol. The number of primary amides is 2. The Balaban J connectivity index is 2.35. The Morgan fingerprint density at radius 2 is 1.50 bits per heavy atom. The van der Waals surface area contributed by atoms with E-state index in [0.717, 1.165) is 32.1 Å². The molecule has 0 aromatic carbocycles. The Bertz CT molecular complexity index is 298. The van der Waals surface area contributed by atoms with Crippen LogP contribution in [-0.2, 0) is 9.59 Å². The van der Waals surface area contributed by atoms with Gasteiger partial charge in [-0.05, 0) is 24.7 Å². The number of hydrogen-bond donors (Lipinski definition) is 2. The van der Waals surface area contributed by atoms with E-state index < -0.39 is 17.2 Å². The lowest BCUT2D eigenvalue weighted by Gasteiger charge is -2.46. The first-order valence-electron chi connectivity index (χ1n) is 6.19. The summed E-state index contributed by atoms with van der Waals surface area (Å²) in [5, 5.41) is 0. The number of rotatable bonds is 2. The van der Waals surface area contributed by atoms with Crippen LogP contribution in [0.25, 0.3) is 0 Å². The van der Waals surface area contributed by atoms with Crippen LogP contribution in [0.2, 0.25) is 0 Å². The molecule has 0 radical (unpaired) electrons. The third-order valence-corrected chi connectivity index (χ3v) is 4.57. The highest BCUT2D eigenvalue weighted by Gasteiger charge is 2.54. The minimum atomic E-state index is -1.05. The third kappa shape index (κ3) is 1.51. The SMILES string of the molecule is NC(=O)C1(C(N)=O)CCCC2CCCCC21. The van der Waals surface area contributed by atoms with E-state index in [0.29, 0.717) is 12.3 Å². The van der Waals surface area contributed by atoms with E-state index >= 15 is 0 Å². The standard InChI is InChI=1S/C12H20N2O2/c13-10(15)12(11(14)16)7-3-5-8-4-1-2-6-9(8)12/h8-9H,1-7H2,(H2,13,15)(H2,14,16). The van der Waals surface area contributed by atoms with Gasteiger partial charge in [0.25, 0.3) is 0 Å². The summed E-state index contributed by atoms with van der Waals surface area (Å²) in [5.41, 5.74) is 9.89. The molecule has 0 bridgehead atoms. The van der Waals surface area contributed by atoms with Crippen LogP contribution < -0.4 is 11.5 Å². The van der Waals surface area contributed by atoms with Crippen molar-refractivity contribution in [3.8, 4) is 0 Å². The average Bonchev–Trinajstić information content (AvgIpc) is 2.27. The molecule has 2 aliphatic carbocycles. The van der Waals surface area contributed by atoms with E-state index in [9.17, 15) is 9.59 Å². The van der Waals surface area contributed by atoms with Crippen LogP contribution in [0, 0.1) is 17.3 Å². The molecule has 2 rings (SSSR count). The number of carbonyl (C=O) groups is 2. The summed E-state index contributed by atoms with van der Waals surface area (Å²) >= 11 is 0. The second-order valence-electron chi connectivity index (χ2n) is 5.24. The van der Waals surface area contributed by atoms with Gasteiger partial charge in [-0.2, -0.15) is 0 Å². The Morgan fingerprint density at radius 1 is 0.938 bits per heavy atom. The first-order chi connectivity index (χ1) is 7.59. The minimum absolute atomic E-state index is 0.102. The van der Waals surface area contributed by atoms with Crippen molar-refractivity contribution in [3.05, 3.63) is 0 Å². The summed E-state index contributed by atoms with van der Waals surface area (Å²) in [6.45, 7) is 0. The predicted octanol–water partition coefficient (Wildman–Crippen LogP) is 0.934. The van der Waals surface area contributed by atoms with Gasteiger partial charge in [-0.25, -0.2) is 0 Å². The molecule has 0 heterocycles. The first kappa shape index (κ1) is 11.4. The van der Waals surface area contributed by atoms with E-state index in [1.54, 1.807) is 0 Å². The summed E-state index contributed by atoms with van der Waals surface area (Å²) in [6.07, 6.45) is 6.90. The second kappa shape index (κ2) is 4.07. The molecule has 90 valence electrons. The lowest BCUT2D eigenvalue weighted by Crippen LogP contribution is -2.56. The molecule has 4 N–H and O–H groups in total. The second-order valence-corrected chi connectivity index (χ2v) is 5.24. The number of nitrogens with two attached hydrogens (primary N) is 2. The molecule has 0 aromatic heterocycles. The molecule has 0 spiro atoms. The van der Waals surface area contributed by atoms with Crippen LogP contribution in [0.15, 0.2) is 0 Å². The maximum absolute atomic E-state index is 11.7. The van der Waals surface area contributed by atoms with Crippen LogP contribution in [0.1, 0.15) is 44.9 Å². The Hall–Kier alpha value is -1.06. The van der Waals surface area contributed by atoms with E-state index in [1.165, 1.54) is 6.42 Å². The molecule has 2 aliphatic rings. The van der Waals surface area contributed by atoms with Crippen molar-refractivity contribution in [2.24, 2.45) is 28.7 Å². The van der Waals surface area contributed by atoms with Gasteiger partial charge in [0.1, 0.15) is 5.41 Å². The molecule has 2 fully saturated rings. The van der Waals surface area contributed by atoms with Crippen LogP contribution in [0.3, 0.4) is 0 Å². The average molecular weight is 224 g/mol. The van der Waals surface area contributed by atoms with Crippen molar-refractivity contribution in [2.75, 3.05) is 0 Å². The van der Waals surface area contributed by atoms with Gasteiger partial charge >= 0.3 is 0 Å². The number of carbonyl (C=O) groups excluding carboxylic acids is 2. The Labute approximate surface area is 95.7 Å². The maximum Gasteiger partial charge on any atom is 0.233 e. The smallest absolute Gasteiger partial charge is 0.233 e. The first-order valence-corrected chi connectivity index (χ1v) is 6.19. The Kier molecular flexibility index (Phi) is 2.91. The van der Waals surface area contributed by atoms with Gasteiger partial charge in [0.15, 0.2) is 0 Å². The van der Waals surface area contributed by atoms with E-state index in [2.05, 4.69) is 0 Å². The zero-order valence-corrected chi connectivity index (χ0v) is 9.58. The van der Waals surface area contributed by atoms with Crippen molar-refractivity contribution in [3.63, 3.8) is 0 Å². The molecule has 0 aromatic rings. The quantitative estimate of drug-likeness (QED) is 0.684. The normalized spacial score (nSPS) is 32.8. The van der Waals surface area contributed by atoms with Gasteiger partial charge < -0.3 is 11.5 Å². The largest absolute Gasteiger partial charge is 0.369 e. The molecule has 2 unspecified atom stereocenters. The van der Waals surface area contributed by atoms with Crippen LogP contribution in [0.5, 0.6) is 0 Å². The summed E-state index contributed by atoms with van der Waals surface area (Å²) in [5.74, 6) is -0.430. The molecule has 0 saturated heterocycles. The molecule has 2 saturated carbocycles. The lowest BCUT2D eigenvalue weighted by atomic mass is 9.56. The summed E-state index contributed by atoms with van der Waals surface area (Å²) in [4.78, 5) is 23.4. The van der Waals surface area contributed by atoms with Crippen molar-refractivity contribution < 1.29 is 9.59 Å². The summed E-state index contributed by atoms with van der Waals surface area (Å²) in [7, 11) is 0. The molecule has 0 aliphatic heterocycles. The van der Waals surface area contributed by atoms with Crippen LogP contribution in [0.4, 0.5) is 0 Å². The fraction of sp³-hybridized carbons (Fsp3) is 0.833. The van der Waals surface area contributed by atoms with Crippen molar-refractivity contribution in [1.29, 1.82) is 0 Å². The highest BCUT2D eigenvalue weighted by atomic mass is 16.2. The minimum Gasteiger partial charge on any atom is -0.369 e. The maximum atomic E-state index is 11.7. The van der Waals surface area contributed by atoms with E-state index in [1.807, 2.05) is 0 Å². The van der Waals surface area contributed by atoms with E-state index in [4.69, 9.17) is 11.5 Å². The van der Waals surface area contributed by atoms with Crippen LogP contribution >= 0.6 is 0 Å². The van der Waals surface area contributed by atoms with Gasteiger partial charge in [-0.3, -0.25) is 9.59 Å². The van der Waals surface area contributed by atoms with Crippen molar-refractivity contribution in [2.45, 2.75) is 44.9 Å². The zero-order chi connectivity index (χ0) is 11.8. The van der Waals surface area contributed by atoms with E-state index in [-0.39, 0.29) is 5.92 Å². The molecule has 4 nitrogen and oxygen atoms in total. The topological polar surface area (TPSA) is 86.2 Å². The van der Waals surface area contributed by atoms with Gasteiger partial charge in [-0.1, -0.05) is 32.1 Å². The van der Waals surface area contributed by atoms with Gasteiger partial charge in [0, 0.05) is 0 Å². The highest BCUT2D eigenvalue weighted by Crippen LogP contribution is 2.50. The number of hydrogen-bond acceptors (Lipinski definition) is 2. The van der Waals surface area contributed by atoms with Crippen LogP contribution in [-0.4, -0.2) is 11.8 Å². The number of amides is 2. The van der Waals surface area contributed by atoms with Crippen molar-refractivity contribution in [1.82, 2.24) is 0 Å². The fourth-order valence-electron chi connectivity index (χ4n) is 3.76. The molecule has 16 heavy (non-hydrogen) atoms. The lowest BCUT2D eigenvalue weighted by molar-refractivity contribution is -0.150. The molecule has 2 amide bonds. The fourth-order valence-corrected chi connectivity index (χ4v) is 3.76. The highest BCUT2D eigenvalue weighted by molar-refractivity contribution is 6.04. The van der Waals surface area contributed by atoms with Crippen molar-refractivity contribution >= 4 is 11.8 Å². The molecule has 2 atom stereocenters. The zero-order valence-electron chi connectivity index (χ0n) is 9.58.